The first kappa shape index (κ1) is 24.0. The molecular formula is C28H35ClN2O2. The molecule has 3 aromatic rings. The van der Waals surface area contributed by atoms with E-state index in [1.54, 1.807) is 7.11 Å². The van der Waals surface area contributed by atoms with E-state index in [4.69, 9.17) is 16.3 Å². The van der Waals surface area contributed by atoms with Gasteiger partial charge in [0.2, 0.25) is 0 Å². The molecule has 3 aromatic carbocycles. The second-order valence-corrected chi connectivity index (χ2v) is 9.39. The van der Waals surface area contributed by atoms with E-state index >= 15 is 0 Å². The highest BCUT2D eigenvalue weighted by Gasteiger charge is 2.30. The molecule has 33 heavy (non-hydrogen) atoms. The molecule has 0 radical (unpaired) electrons. The zero-order valence-corrected chi connectivity index (χ0v) is 20.5. The number of piperazine rings is 1. The van der Waals surface area contributed by atoms with Crippen molar-refractivity contribution in [1.29, 1.82) is 0 Å². The van der Waals surface area contributed by atoms with Crippen molar-refractivity contribution in [3.05, 3.63) is 76.8 Å². The van der Waals surface area contributed by atoms with Gasteiger partial charge in [-0.2, -0.15) is 0 Å². The molecule has 0 spiro atoms. The van der Waals surface area contributed by atoms with Crippen molar-refractivity contribution in [1.82, 2.24) is 9.80 Å². The van der Waals surface area contributed by atoms with Crippen LogP contribution in [0.5, 0.6) is 5.75 Å². The number of nitrogens with zero attached hydrogens (tertiary/aromatic N) is 2. The van der Waals surface area contributed by atoms with Crippen LogP contribution in [0.15, 0.2) is 60.7 Å². The van der Waals surface area contributed by atoms with Crippen molar-refractivity contribution in [2.45, 2.75) is 44.9 Å². The fourth-order valence-corrected chi connectivity index (χ4v) is 5.21. The molecule has 1 heterocycles. The SMILES string of the molecule is CCCC[C@@H]([C@@H](O)c1ccc2c(Cl)c(OC)ccc2c1)N1CCN(Cc2ccccc2)CC1. The Hall–Kier alpha value is -2.11. The van der Waals surface area contributed by atoms with Gasteiger partial charge in [0.25, 0.3) is 0 Å². The molecular weight excluding hydrogens is 432 g/mol. The lowest BCUT2D eigenvalue weighted by molar-refractivity contribution is 0.0113. The molecule has 1 fully saturated rings. The summed E-state index contributed by atoms with van der Waals surface area (Å²) in [5, 5.41) is 14.1. The number of benzene rings is 3. The Labute approximate surface area is 202 Å². The first-order chi connectivity index (χ1) is 16.1. The van der Waals surface area contributed by atoms with Gasteiger partial charge in [-0.1, -0.05) is 79.9 Å². The van der Waals surface area contributed by atoms with E-state index in [0.29, 0.717) is 10.8 Å². The minimum atomic E-state index is -0.525. The third kappa shape index (κ3) is 5.70. The molecule has 0 amide bonds. The normalized spacial score (nSPS) is 17.2. The van der Waals surface area contributed by atoms with E-state index in [9.17, 15) is 5.11 Å². The fraction of sp³-hybridized carbons (Fsp3) is 0.429. The summed E-state index contributed by atoms with van der Waals surface area (Å²) < 4.78 is 5.35. The van der Waals surface area contributed by atoms with Gasteiger partial charge in [0.15, 0.2) is 0 Å². The number of hydrogen-bond donors (Lipinski definition) is 1. The Morgan fingerprint density at radius 1 is 1.00 bits per heavy atom. The summed E-state index contributed by atoms with van der Waals surface area (Å²) >= 11 is 6.50. The number of ether oxygens (including phenoxy) is 1. The molecule has 2 atom stereocenters. The van der Waals surface area contributed by atoms with Crippen LogP contribution in [0.2, 0.25) is 5.02 Å². The Balaban J connectivity index is 1.47. The van der Waals surface area contributed by atoms with Crippen LogP contribution in [0.4, 0.5) is 0 Å². The number of aliphatic hydroxyl groups excluding tert-OH is 1. The van der Waals surface area contributed by atoms with E-state index in [2.05, 4.69) is 53.1 Å². The number of unbranched alkanes of at least 4 members (excludes halogenated alkanes) is 1. The molecule has 5 heteroatoms. The first-order valence-electron chi connectivity index (χ1n) is 12.0. The summed E-state index contributed by atoms with van der Waals surface area (Å²) in [7, 11) is 1.63. The van der Waals surface area contributed by atoms with Gasteiger partial charge in [0, 0.05) is 44.2 Å². The molecule has 4 rings (SSSR count). The Bertz CT molecular complexity index is 1030. The highest BCUT2D eigenvalue weighted by molar-refractivity contribution is 6.37. The molecule has 0 saturated carbocycles. The van der Waals surface area contributed by atoms with Crippen molar-refractivity contribution < 1.29 is 9.84 Å². The van der Waals surface area contributed by atoms with E-state index in [0.717, 1.165) is 68.3 Å². The molecule has 4 nitrogen and oxygen atoms in total. The minimum absolute atomic E-state index is 0.120. The maximum absolute atomic E-state index is 11.5. The van der Waals surface area contributed by atoms with Crippen molar-refractivity contribution in [2.24, 2.45) is 0 Å². The van der Waals surface area contributed by atoms with Crippen LogP contribution in [-0.4, -0.2) is 54.2 Å². The number of fused-ring (bicyclic) bond motifs is 1. The zero-order chi connectivity index (χ0) is 23.2. The van der Waals surface area contributed by atoms with Crippen LogP contribution < -0.4 is 4.74 Å². The number of halogens is 1. The summed E-state index contributed by atoms with van der Waals surface area (Å²) in [4.78, 5) is 5.01. The fourth-order valence-electron chi connectivity index (χ4n) is 4.90. The first-order valence-corrected chi connectivity index (χ1v) is 12.4. The molecule has 0 aromatic heterocycles. The van der Waals surface area contributed by atoms with Crippen molar-refractivity contribution in [3.63, 3.8) is 0 Å². The van der Waals surface area contributed by atoms with Crippen molar-refractivity contribution in [2.75, 3.05) is 33.3 Å². The number of rotatable bonds is 9. The lowest BCUT2D eigenvalue weighted by Crippen LogP contribution is -2.51. The van der Waals surface area contributed by atoms with Crippen LogP contribution in [0, 0.1) is 0 Å². The predicted molar refractivity (Wildman–Crippen MR) is 137 cm³/mol. The average Bonchev–Trinajstić information content (AvgIpc) is 2.86. The summed E-state index contributed by atoms with van der Waals surface area (Å²) in [5.41, 5.74) is 2.32. The van der Waals surface area contributed by atoms with Gasteiger partial charge < -0.3 is 9.84 Å². The van der Waals surface area contributed by atoms with Gasteiger partial charge in [-0.05, 0) is 35.1 Å². The Kier molecular flexibility index (Phi) is 8.26. The average molecular weight is 467 g/mol. The predicted octanol–water partition coefficient (Wildman–Crippen LogP) is 5.91. The second kappa shape index (κ2) is 11.3. The third-order valence-corrected chi connectivity index (χ3v) is 7.24. The quantitative estimate of drug-likeness (QED) is 0.425. The standard InChI is InChI=1S/C28H35ClN2O2/c1-3-4-10-25(31-17-15-30(16-18-31)20-21-8-6-5-7-9-21)28(32)23-11-13-24-22(19-23)12-14-26(33-2)27(24)29/h5-9,11-14,19,25,28,32H,3-4,10,15-18,20H2,1-2H3/t25-,28-/m0/s1. The van der Waals surface area contributed by atoms with E-state index < -0.39 is 6.10 Å². The topological polar surface area (TPSA) is 35.9 Å². The molecule has 176 valence electrons. The maximum Gasteiger partial charge on any atom is 0.138 e. The maximum atomic E-state index is 11.5. The zero-order valence-electron chi connectivity index (χ0n) is 19.7. The van der Waals surface area contributed by atoms with Gasteiger partial charge in [0.1, 0.15) is 5.75 Å². The van der Waals surface area contributed by atoms with Crippen LogP contribution in [0.1, 0.15) is 43.4 Å². The van der Waals surface area contributed by atoms with E-state index in [-0.39, 0.29) is 6.04 Å². The van der Waals surface area contributed by atoms with Gasteiger partial charge in [-0.25, -0.2) is 0 Å². The van der Waals surface area contributed by atoms with Gasteiger partial charge in [-0.3, -0.25) is 9.80 Å². The van der Waals surface area contributed by atoms with Crippen molar-refractivity contribution >= 4 is 22.4 Å². The minimum Gasteiger partial charge on any atom is -0.495 e. The van der Waals surface area contributed by atoms with E-state index in [1.165, 1.54) is 5.56 Å². The summed E-state index contributed by atoms with van der Waals surface area (Å²) in [6.07, 6.45) is 2.72. The molecule has 1 aliphatic heterocycles. The molecule has 0 aliphatic carbocycles. The Morgan fingerprint density at radius 2 is 1.76 bits per heavy atom. The lowest BCUT2D eigenvalue weighted by atomic mass is 9.94. The Morgan fingerprint density at radius 3 is 2.45 bits per heavy atom. The van der Waals surface area contributed by atoms with Crippen LogP contribution in [0.3, 0.4) is 0 Å². The second-order valence-electron chi connectivity index (χ2n) is 9.01. The highest BCUT2D eigenvalue weighted by atomic mass is 35.5. The van der Waals surface area contributed by atoms with E-state index in [1.807, 2.05) is 24.3 Å². The molecule has 0 bridgehead atoms. The van der Waals surface area contributed by atoms with Gasteiger partial charge in [-0.15, -0.1) is 0 Å². The highest BCUT2D eigenvalue weighted by Crippen LogP contribution is 2.35. The van der Waals surface area contributed by atoms with Gasteiger partial charge >= 0.3 is 0 Å². The number of methoxy groups -OCH3 is 1. The largest absolute Gasteiger partial charge is 0.495 e. The van der Waals surface area contributed by atoms with Crippen LogP contribution >= 0.6 is 11.6 Å². The van der Waals surface area contributed by atoms with Crippen LogP contribution in [0.25, 0.3) is 10.8 Å². The smallest absolute Gasteiger partial charge is 0.138 e. The summed E-state index contributed by atoms with van der Waals surface area (Å²) in [5.74, 6) is 0.673. The molecule has 1 N–H and O–H groups in total. The third-order valence-electron chi connectivity index (χ3n) is 6.85. The summed E-state index contributed by atoms with van der Waals surface area (Å²) in [6, 6.07) is 20.8. The summed E-state index contributed by atoms with van der Waals surface area (Å²) in [6.45, 7) is 7.22. The molecule has 0 unspecified atom stereocenters. The monoisotopic (exact) mass is 466 g/mol. The van der Waals surface area contributed by atoms with Crippen LogP contribution in [-0.2, 0) is 6.54 Å². The number of hydrogen-bond acceptors (Lipinski definition) is 4. The molecule has 1 aliphatic rings. The van der Waals surface area contributed by atoms with Gasteiger partial charge in [0.05, 0.1) is 18.2 Å². The lowest BCUT2D eigenvalue weighted by Gasteiger charge is -2.41. The molecule has 1 saturated heterocycles. The number of aliphatic hydroxyl groups is 1. The van der Waals surface area contributed by atoms with Crippen molar-refractivity contribution in [3.8, 4) is 5.75 Å².